The Bertz CT molecular complexity index is 586. The van der Waals surface area contributed by atoms with Gasteiger partial charge in [-0.25, -0.2) is 4.79 Å². The topological polar surface area (TPSA) is 104 Å². The van der Waals surface area contributed by atoms with Gasteiger partial charge in [0.15, 0.2) is 0 Å². The van der Waals surface area contributed by atoms with Crippen molar-refractivity contribution in [2.75, 3.05) is 6.61 Å². The molecular formula is C18H23NO6. The number of nitrogens with zero attached hydrogens (tertiary/aromatic N) is 1. The van der Waals surface area contributed by atoms with E-state index in [2.05, 4.69) is 0 Å². The summed E-state index contributed by atoms with van der Waals surface area (Å²) < 4.78 is 5.12. The van der Waals surface area contributed by atoms with E-state index in [9.17, 15) is 24.5 Å². The molecule has 136 valence electrons. The largest absolute Gasteiger partial charge is 0.462 e. The lowest BCUT2D eigenvalue weighted by atomic mass is 9.92. The van der Waals surface area contributed by atoms with Crippen LogP contribution in [0.1, 0.15) is 49.4 Å². The molecule has 0 radical (unpaired) electrons. The zero-order chi connectivity index (χ0) is 18.7. The Balaban J connectivity index is 2.36. The third-order valence-corrected chi connectivity index (χ3v) is 3.91. The van der Waals surface area contributed by atoms with Crippen molar-refractivity contribution in [1.29, 1.82) is 0 Å². The van der Waals surface area contributed by atoms with Crippen LogP contribution in [-0.2, 0) is 14.3 Å². The summed E-state index contributed by atoms with van der Waals surface area (Å²) >= 11 is 0. The van der Waals surface area contributed by atoms with Crippen LogP contribution < -0.4 is 0 Å². The van der Waals surface area contributed by atoms with E-state index < -0.39 is 22.9 Å². The number of carbonyl (C=O) groups is 3. The molecule has 1 aromatic rings. The van der Waals surface area contributed by atoms with Crippen LogP contribution in [0, 0.1) is 16.0 Å². The molecule has 0 aliphatic carbocycles. The number of aldehydes is 1. The molecule has 0 N–H and O–H groups in total. The maximum atomic E-state index is 11.7. The molecule has 25 heavy (non-hydrogen) atoms. The molecule has 0 aliphatic heterocycles. The Hall–Kier alpha value is -2.57. The van der Waals surface area contributed by atoms with Gasteiger partial charge < -0.3 is 14.3 Å². The summed E-state index contributed by atoms with van der Waals surface area (Å²) in [6.45, 7) is 1.56. The average molecular weight is 349 g/mol. The van der Waals surface area contributed by atoms with Crippen molar-refractivity contribution >= 4 is 18.0 Å². The highest BCUT2D eigenvalue weighted by molar-refractivity contribution is 5.89. The van der Waals surface area contributed by atoms with Crippen LogP contribution in [0.15, 0.2) is 30.3 Å². The summed E-state index contributed by atoms with van der Waals surface area (Å²) in [6.07, 6.45) is 2.11. The molecule has 0 heterocycles. The molecule has 0 unspecified atom stereocenters. The van der Waals surface area contributed by atoms with E-state index in [1.165, 1.54) is 6.92 Å². The van der Waals surface area contributed by atoms with Gasteiger partial charge in [0.05, 0.1) is 18.1 Å². The van der Waals surface area contributed by atoms with Crippen LogP contribution in [0.2, 0.25) is 0 Å². The summed E-state index contributed by atoms with van der Waals surface area (Å²) in [5.41, 5.74) is 0.464. The van der Waals surface area contributed by atoms with Crippen molar-refractivity contribution in [3.63, 3.8) is 0 Å². The molecule has 0 fully saturated rings. The Morgan fingerprint density at radius 2 is 1.88 bits per heavy atom. The lowest BCUT2D eigenvalue weighted by Crippen LogP contribution is -2.31. The first-order valence-corrected chi connectivity index (χ1v) is 8.26. The standard InChI is InChI=1S/C18H23NO6/c1-14(21)10-11-17(19(23)24)16(13-20)9-5-6-12-25-18(22)15-7-3-2-4-8-15/h2-4,7-8,13,16-17H,5-6,9-12H2,1H3/t16-,17-/m0/s1. The molecule has 2 atom stereocenters. The van der Waals surface area contributed by atoms with Gasteiger partial charge in [-0.1, -0.05) is 18.2 Å². The van der Waals surface area contributed by atoms with Crippen LogP contribution in [0.25, 0.3) is 0 Å². The molecule has 0 saturated carbocycles. The Morgan fingerprint density at radius 3 is 2.44 bits per heavy atom. The van der Waals surface area contributed by atoms with Gasteiger partial charge in [0, 0.05) is 17.8 Å². The van der Waals surface area contributed by atoms with Crippen LogP contribution in [0.3, 0.4) is 0 Å². The molecule has 7 nitrogen and oxygen atoms in total. The number of hydrogen-bond donors (Lipinski definition) is 0. The predicted octanol–water partition coefficient (Wildman–Crippen LogP) is 2.84. The van der Waals surface area contributed by atoms with Crippen LogP contribution in [0.5, 0.6) is 0 Å². The molecule has 0 bridgehead atoms. The average Bonchev–Trinajstić information content (AvgIpc) is 2.59. The van der Waals surface area contributed by atoms with Crippen LogP contribution >= 0.6 is 0 Å². The van der Waals surface area contributed by atoms with Gasteiger partial charge >= 0.3 is 5.97 Å². The SMILES string of the molecule is CC(=O)CC[C@@H]([C@H](C=O)CCCCOC(=O)c1ccccc1)[N+](=O)[O-]. The summed E-state index contributed by atoms with van der Waals surface area (Å²) in [4.78, 5) is 44.5. The van der Waals surface area contributed by atoms with E-state index in [4.69, 9.17) is 4.74 Å². The second-order valence-electron chi connectivity index (χ2n) is 5.89. The van der Waals surface area contributed by atoms with Crippen molar-refractivity contribution in [1.82, 2.24) is 0 Å². The first-order valence-electron chi connectivity index (χ1n) is 8.26. The minimum atomic E-state index is -1.05. The van der Waals surface area contributed by atoms with E-state index in [0.717, 1.165) is 0 Å². The molecule has 0 aliphatic rings. The summed E-state index contributed by atoms with van der Waals surface area (Å²) in [6, 6.07) is 7.54. The fourth-order valence-corrected chi connectivity index (χ4v) is 2.48. The smallest absolute Gasteiger partial charge is 0.338 e. The first-order chi connectivity index (χ1) is 12.0. The van der Waals surface area contributed by atoms with E-state index in [1.54, 1.807) is 30.3 Å². The zero-order valence-electron chi connectivity index (χ0n) is 14.3. The van der Waals surface area contributed by atoms with E-state index >= 15 is 0 Å². The van der Waals surface area contributed by atoms with Crippen LogP contribution in [-0.4, -0.2) is 35.6 Å². The van der Waals surface area contributed by atoms with Crippen molar-refractivity contribution in [2.45, 2.75) is 45.1 Å². The highest BCUT2D eigenvalue weighted by Crippen LogP contribution is 2.18. The summed E-state index contributed by atoms with van der Waals surface area (Å²) in [5.74, 6) is -1.29. The summed E-state index contributed by atoms with van der Waals surface area (Å²) in [5, 5.41) is 11.1. The number of esters is 1. The highest BCUT2D eigenvalue weighted by Gasteiger charge is 2.30. The second-order valence-corrected chi connectivity index (χ2v) is 5.89. The fourth-order valence-electron chi connectivity index (χ4n) is 2.48. The van der Waals surface area contributed by atoms with Gasteiger partial charge in [-0.2, -0.15) is 0 Å². The lowest BCUT2D eigenvalue weighted by molar-refractivity contribution is -0.530. The first kappa shape index (κ1) is 20.5. The Labute approximate surface area is 146 Å². The molecule has 1 rings (SSSR count). The van der Waals surface area contributed by atoms with Crippen molar-refractivity contribution in [2.24, 2.45) is 5.92 Å². The van der Waals surface area contributed by atoms with E-state index in [1.807, 2.05) is 0 Å². The third kappa shape index (κ3) is 7.69. The van der Waals surface area contributed by atoms with Gasteiger partial charge in [-0.15, -0.1) is 0 Å². The Morgan fingerprint density at radius 1 is 1.20 bits per heavy atom. The number of benzene rings is 1. The van der Waals surface area contributed by atoms with E-state index in [0.29, 0.717) is 31.1 Å². The molecule has 0 saturated heterocycles. The quantitative estimate of drug-likeness (QED) is 0.189. The van der Waals surface area contributed by atoms with Crippen molar-refractivity contribution in [3.05, 3.63) is 46.0 Å². The molecule has 0 aromatic heterocycles. The Kier molecular flexibility index (Phi) is 9.06. The number of ketones is 1. The van der Waals surface area contributed by atoms with Crippen LogP contribution in [0.4, 0.5) is 0 Å². The summed E-state index contributed by atoms with van der Waals surface area (Å²) in [7, 11) is 0. The molecule has 0 spiro atoms. The molecule has 1 aromatic carbocycles. The van der Waals surface area contributed by atoms with Gasteiger partial charge in [0.25, 0.3) is 0 Å². The number of hydrogen-bond acceptors (Lipinski definition) is 6. The van der Waals surface area contributed by atoms with Gasteiger partial charge in [-0.3, -0.25) is 10.1 Å². The molecular weight excluding hydrogens is 326 g/mol. The monoisotopic (exact) mass is 349 g/mol. The van der Waals surface area contributed by atoms with E-state index in [-0.39, 0.29) is 25.2 Å². The number of ether oxygens (including phenoxy) is 1. The minimum Gasteiger partial charge on any atom is -0.462 e. The maximum Gasteiger partial charge on any atom is 0.338 e. The lowest BCUT2D eigenvalue weighted by Gasteiger charge is -2.15. The van der Waals surface area contributed by atoms with Gasteiger partial charge in [0.1, 0.15) is 12.1 Å². The highest BCUT2D eigenvalue weighted by atomic mass is 16.6. The normalized spacial score (nSPS) is 12.8. The van der Waals surface area contributed by atoms with Crippen molar-refractivity contribution in [3.8, 4) is 0 Å². The minimum absolute atomic E-state index is 0.0642. The third-order valence-electron chi connectivity index (χ3n) is 3.91. The fraction of sp³-hybridized carbons (Fsp3) is 0.500. The number of rotatable bonds is 12. The number of carbonyl (C=O) groups excluding carboxylic acids is 3. The predicted molar refractivity (Wildman–Crippen MR) is 90.8 cm³/mol. The van der Waals surface area contributed by atoms with Crippen molar-refractivity contribution < 1.29 is 24.0 Å². The number of unbranched alkanes of at least 4 members (excludes halogenated alkanes) is 1. The number of nitro groups is 1. The van der Waals surface area contributed by atoms with Gasteiger partial charge in [-0.05, 0) is 38.3 Å². The second kappa shape index (κ2) is 11.1. The zero-order valence-corrected chi connectivity index (χ0v) is 14.3. The molecule has 7 heteroatoms. The molecule has 0 amide bonds. The van der Waals surface area contributed by atoms with Gasteiger partial charge in [0.2, 0.25) is 6.04 Å². The maximum absolute atomic E-state index is 11.7. The number of Topliss-reactive ketones (excluding diaryl/α,β-unsaturated/α-hetero) is 1.